The lowest BCUT2D eigenvalue weighted by Crippen LogP contribution is -2.46. The van der Waals surface area contributed by atoms with Crippen LogP contribution in [0.15, 0.2) is 23.1 Å². The zero-order valence-corrected chi connectivity index (χ0v) is 13.4. The van der Waals surface area contributed by atoms with E-state index in [4.69, 9.17) is 9.47 Å². The SMILES string of the molecule is CNCc1ccc(OC)c(S(=O)(=O)NC2(C)CCOC2)c1. The molecule has 0 aromatic heterocycles. The van der Waals surface area contributed by atoms with Crippen LogP contribution in [0.5, 0.6) is 5.75 Å². The lowest BCUT2D eigenvalue weighted by Gasteiger charge is -2.24. The fraction of sp³-hybridized carbons (Fsp3) is 0.571. The van der Waals surface area contributed by atoms with Crippen LogP contribution in [-0.2, 0) is 21.3 Å². The summed E-state index contributed by atoms with van der Waals surface area (Å²) in [6.45, 7) is 3.38. The summed E-state index contributed by atoms with van der Waals surface area (Å²) in [5.41, 5.74) is 0.314. The molecule has 7 heteroatoms. The molecule has 0 radical (unpaired) electrons. The first kappa shape index (κ1) is 16.2. The maximum absolute atomic E-state index is 12.7. The Morgan fingerprint density at radius 3 is 2.76 bits per heavy atom. The molecule has 2 N–H and O–H groups in total. The molecule has 21 heavy (non-hydrogen) atoms. The van der Waals surface area contributed by atoms with Gasteiger partial charge < -0.3 is 14.8 Å². The molecular weight excluding hydrogens is 292 g/mol. The Hall–Kier alpha value is -1.15. The molecule has 0 spiro atoms. The number of hydrogen-bond donors (Lipinski definition) is 2. The van der Waals surface area contributed by atoms with Gasteiger partial charge in [0.15, 0.2) is 0 Å². The number of hydrogen-bond acceptors (Lipinski definition) is 5. The molecule has 1 aromatic carbocycles. The first-order valence-corrected chi connectivity index (χ1v) is 8.32. The fourth-order valence-corrected chi connectivity index (χ4v) is 4.01. The standard InChI is InChI=1S/C14H22N2O4S/c1-14(6-7-20-10-14)16-21(17,18)13-8-11(9-15-2)4-5-12(13)19-3/h4-5,8,15-16H,6-7,9-10H2,1-3H3. The first-order chi connectivity index (χ1) is 9.90. The summed E-state index contributed by atoms with van der Waals surface area (Å²) in [6.07, 6.45) is 0.657. The zero-order valence-electron chi connectivity index (χ0n) is 12.6. The van der Waals surface area contributed by atoms with E-state index in [1.165, 1.54) is 7.11 Å². The zero-order chi connectivity index (χ0) is 15.5. The monoisotopic (exact) mass is 314 g/mol. The van der Waals surface area contributed by atoms with Gasteiger partial charge in [0.1, 0.15) is 10.6 Å². The Morgan fingerprint density at radius 2 is 2.19 bits per heavy atom. The van der Waals surface area contributed by atoms with E-state index in [9.17, 15) is 8.42 Å². The number of nitrogens with one attached hydrogen (secondary N) is 2. The number of ether oxygens (including phenoxy) is 2. The van der Waals surface area contributed by atoms with E-state index in [1.54, 1.807) is 12.1 Å². The molecule has 1 aromatic rings. The Balaban J connectivity index is 2.35. The summed E-state index contributed by atoms with van der Waals surface area (Å²) in [5.74, 6) is 0.338. The highest BCUT2D eigenvalue weighted by Gasteiger charge is 2.35. The van der Waals surface area contributed by atoms with E-state index in [1.807, 2.05) is 20.0 Å². The van der Waals surface area contributed by atoms with Gasteiger partial charge in [-0.3, -0.25) is 0 Å². The van der Waals surface area contributed by atoms with Crippen LogP contribution in [0.2, 0.25) is 0 Å². The lowest BCUT2D eigenvalue weighted by atomic mass is 10.0. The molecule has 2 rings (SSSR count). The Bertz CT molecular complexity index is 595. The van der Waals surface area contributed by atoms with E-state index in [2.05, 4.69) is 10.0 Å². The molecule has 1 saturated heterocycles. The van der Waals surface area contributed by atoms with Crippen molar-refractivity contribution in [2.75, 3.05) is 27.4 Å². The normalized spacial score (nSPS) is 22.4. The van der Waals surface area contributed by atoms with Gasteiger partial charge in [0.05, 0.1) is 19.3 Å². The Morgan fingerprint density at radius 1 is 1.43 bits per heavy atom. The topological polar surface area (TPSA) is 76.7 Å². The second-order valence-corrected chi connectivity index (χ2v) is 7.14. The van der Waals surface area contributed by atoms with Crippen LogP contribution in [0.3, 0.4) is 0 Å². The van der Waals surface area contributed by atoms with Crippen LogP contribution < -0.4 is 14.8 Å². The molecule has 0 saturated carbocycles. The van der Waals surface area contributed by atoms with Crippen LogP contribution in [0, 0.1) is 0 Å². The van der Waals surface area contributed by atoms with Crippen LogP contribution in [0.25, 0.3) is 0 Å². The summed E-state index contributed by atoms with van der Waals surface area (Å²) in [6, 6.07) is 5.15. The minimum Gasteiger partial charge on any atom is -0.495 e. The van der Waals surface area contributed by atoms with Gasteiger partial charge in [0.25, 0.3) is 0 Å². The third-order valence-corrected chi connectivity index (χ3v) is 5.16. The third kappa shape index (κ3) is 3.74. The van der Waals surface area contributed by atoms with Gasteiger partial charge in [-0.1, -0.05) is 6.07 Å². The van der Waals surface area contributed by atoms with E-state index < -0.39 is 15.6 Å². The number of rotatable bonds is 6. The van der Waals surface area contributed by atoms with Crippen LogP contribution in [0.1, 0.15) is 18.9 Å². The van der Waals surface area contributed by atoms with E-state index in [0.717, 1.165) is 5.56 Å². The van der Waals surface area contributed by atoms with E-state index in [-0.39, 0.29) is 4.90 Å². The van der Waals surface area contributed by atoms with Crippen molar-refractivity contribution in [3.63, 3.8) is 0 Å². The molecule has 6 nitrogen and oxygen atoms in total. The van der Waals surface area contributed by atoms with Crippen molar-refractivity contribution < 1.29 is 17.9 Å². The highest BCUT2D eigenvalue weighted by atomic mass is 32.2. The molecule has 1 atom stereocenters. The van der Waals surface area contributed by atoms with Crippen molar-refractivity contribution in [1.82, 2.24) is 10.0 Å². The van der Waals surface area contributed by atoms with Gasteiger partial charge in [-0.25, -0.2) is 13.1 Å². The van der Waals surface area contributed by atoms with Crippen LogP contribution in [0.4, 0.5) is 0 Å². The summed E-state index contributed by atoms with van der Waals surface area (Å²) >= 11 is 0. The summed E-state index contributed by atoms with van der Waals surface area (Å²) < 4.78 is 38.5. The molecule has 1 heterocycles. The average Bonchev–Trinajstić information content (AvgIpc) is 2.84. The lowest BCUT2D eigenvalue weighted by molar-refractivity contribution is 0.178. The largest absolute Gasteiger partial charge is 0.495 e. The van der Waals surface area contributed by atoms with E-state index in [0.29, 0.717) is 31.9 Å². The molecular formula is C14H22N2O4S. The number of sulfonamides is 1. The summed E-state index contributed by atoms with van der Waals surface area (Å²) in [7, 11) is -0.391. The first-order valence-electron chi connectivity index (χ1n) is 6.83. The predicted molar refractivity (Wildman–Crippen MR) is 79.9 cm³/mol. The van der Waals surface area contributed by atoms with Crippen molar-refractivity contribution in [2.24, 2.45) is 0 Å². The molecule has 0 amide bonds. The van der Waals surface area contributed by atoms with Crippen LogP contribution in [-0.4, -0.2) is 41.3 Å². The van der Waals surface area contributed by atoms with Gasteiger partial charge in [0, 0.05) is 13.2 Å². The average molecular weight is 314 g/mol. The highest BCUT2D eigenvalue weighted by Crippen LogP contribution is 2.28. The quantitative estimate of drug-likeness (QED) is 0.815. The minimum absolute atomic E-state index is 0.158. The fourth-order valence-electron chi connectivity index (χ4n) is 2.37. The maximum atomic E-state index is 12.7. The van der Waals surface area contributed by atoms with Gasteiger partial charge >= 0.3 is 0 Å². The predicted octanol–water partition coefficient (Wildman–Crippen LogP) is 0.872. The van der Waals surface area contributed by atoms with E-state index >= 15 is 0 Å². The third-order valence-electron chi connectivity index (χ3n) is 3.50. The second kappa shape index (κ2) is 6.31. The van der Waals surface area contributed by atoms with Crippen molar-refractivity contribution >= 4 is 10.0 Å². The second-order valence-electron chi connectivity index (χ2n) is 5.48. The summed E-state index contributed by atoms with van der Waals surface area (Å²) in [4.78, 5) is 0.158. The van der Waals surface area contributed by atoms with Gasteiger partial charge in [-0.15, -0.1) is 0 Å². The molecule has 0 aliphatic carbocycles. The van der Waals surface area contributed by atoms with Gasteiger partial charge in [-0.05, 0) is 38.1 Å². The minimum atomic E-state index is -3.67. The molecule has 1 fully saturated rings. The smallest absolute Gasteiger partial charge is 0.244 e. The molecule has 118 valence electrons. The van der Waals surface area contributed by atoms with Crippen molar-refractivity contribution in [1.29, 1.82) is 0 Å². The molecule has 1 aliphatic heterocycles. The Kier molecular flexibility index (Phi) is 4.88. The van der Waals surface area contributed by atoms with Crippen molar-refractivity contribution in [3.8, 4) is 5.75 Å². The molecule has 1 aliphatic rings. The van der Waals surface area contributed by atoms with Crippen LogP contribution >= 0.6 is 0 Å². The molecule has 1 unspecified atom stereocenters. The van der Waals surface area contributed by atoms with Crippen molar-refractivity contribution in [3.05, 3.63) is 23.8 Å². The molecule has 0 bridgehead atoms. The summed E-state index contributed by atoms with van der Waals surface area (Å²) in [5, 5.41) is 3.00. The van der Waals surface area contributed by atoms with Gasteiger partial charge in [-0.2, -0.15) is 0 Å². The number of benzene rings is 1. The van der Waals surface area contributed by atoms with Crippen molar-refractivity contribution in [2.45, 2.75) is 30.3 Å². The maximum Gasteiger partial charge on any atom is 0.244 e. The number of methoxy groups -OCH3 is 1. The Labute approximate surface area is 125 Å². The highest BCUT2D eigenvalue weighted by molar-refractivity contribution is 7.89. The van der Waals surface area contributed by atoms with Gasteiger partial charge in [0.2, 0.25) is 10.0 Å².